The highest BCUT2D eigenvalue weighted by Crippen LogP contribution is 2.24. The van der Waals surface area contributed by atoms with Crippen LogP contribution in [0, 0.1) is 0 Å². The molecule has 0 aliphatic heterocycles. The van der Waals surface area contributed by atoms with Gasteiger partial charge in [0.15, 0.2) is 0 Å². The summed E-state index contributed by atoms with van der Waals surface area (Å²) < 4.78 is 0. The van der Waals surface area contributed by atoms with Crippen LogP contribution in [0.25, 0.3) is 0 Å². The van der Waals surface area contributed by atoms with E-state index in [1.807, 2.05) is 0 Å². The Kier molecular flexibility index (Phi) is 3.35. The number of hydrogen-bond acceptors (Lipinski definition) is 2. The Labute approximate surface area is 81.4 Å². The maximum atomic E-state index is 5.88. The van der Waals surface area contributed by atoms with Crippen molar-refractivity contribution in [2.75, 3.05) is 6.54 Å². The number of rotatable bonds is 2. The summed E-state index contributed by atoms with van der Waals surface area (Å²) in [6, 6.07) is 4.93. The Balaban J connectivity index is 3.04. The van der Waals surface area contributed by atoms with Crippen LogP contribution in [0.2, 0.25) is 10.0 Å². The molecule has 1 rings (SSSR count). The van der Waals surface area contributed by atoms with Gasteiger partial charge in [0.1, 0.15) is 0 Å². The fourth-order valence-electron chi connectivity index (χ4n) is 0.926. The summed E-state index contributed by atoms with van der Waals surface area (Å²) in [5, 5.41) is 1.23. The van der Waals surface area contributed by atoms with E-state index in [-0.39, 0.29) is 6.04 Å². The molecule has 12 heavy (non-hydrogen) atoms. The highest BCUT2D eigenvalue weighted by molar-refractivity contribution is 6.33. The average Bonchev–Trinajstić information content (AvgIpc) is 2.08. The van der Waals surface area contributed by atoms with Crippen LogP contribution >= 0.6 is 23.2 Å². The molecular weight excluding hydrogens is 195 g/mol. The van der Waals surface area contributed by atoms with Crippen LogP contribution in [0.1, 0.15) is 11.6 Å². The van der Waals surface area contributed by atoms with Gasteiger partial charge in [0, 0.05) is 22.6 Å². The van der Waals surface area contributed by atoms with Crippen molar-refractivity contribution in [2.24, 2.45) is 11.5 Å². The molecule has 0 heterocycles. The third-order valence-corrected chi connectivity index (χ3v) is 2.19. The van der Waals surface area contributed by atoms with Crippen LogP contribution in [-0.2, 0) is 0 Å². The normalized spacial score (nSPS) is 13.0. The van der Waals surface area contributed by atoms with Gasteiger partial charge in [-0.05, 0) is 23.8 Å². The third-order valence-electron chi connectivity index (χ3n) is 1.61. The van der Waals surface area contributed by atoms with E-state index in [9.17, 15) is 0 Å². The topological polar surface area (TPSA) is 52.0 Å². The van der Waals surface area contributed by atoms with Gasteiger partial charge in [-0.3, -0.25) is 0 Å². The van der Waals surface area contributed by atoms with Crippen molar-refractivity contribution < 1.29 is 0 Å². The molecule has 2 nitrogen and oxygen atoms in total. The van der Waals surface area contributed by atoms with Crippen molar-refractivity contribution in [2.45, 2.75) is 6.04 Å². The molecule has 0 amide bonds. The molecule has 0 aliphatic carbocycles. The fraction of sp³-hybridized carbons (Fsp3) is 0.250. The zero-order valence-electron chi connectivity index (χ0n) is 6.43. The molecule has 66 valence electrons. The number of halogens is 2. The minimum atomic E-state index is -0.240. The molecule has 0 radical (unpaired) electrons. The molecule has 1 atom stereocenters. The molecule has 0 aromatic heterocycles. The second-order valence-electron chi connectivity index (χ2n) is 2.51. The summed E-state index contributed by atoms with van der Waals surface area (Å²) in [4.78, 5) is 0. The van der Waals surface area contributed by atoms with Crippen LogP contribution in [0.5, 0.6) is 0 Å². The molecular formula is C8H10Cl2N2. The molecule has 1 aromatic carbocycles. The summed E-state index contributed by atoms with van der Waals surface area (Å²) in [6.07, 6.45) is 0. The van der Waals surface area contributed by atoms with Crippen molar-refractivity contribution in [3.8, 4) is 0 Å². The van der Waals surface area contributed by atoms with E-state index in [2.05, 4.69) is 0 Å². The zero-order valence-corrected chi connectivity index (χ0v) is 7.94. The van der Waals surface area contributed by atoms with Crippen molar-refractivity contribution in [3.05, 3.63) is 33.8 Å². The molecule has 0 bridgehead atoms. The number of nitrogens with two attached hydrogens (primary N) is 2. The van der Waals surface area contributed by atoms with Crippen LogP contribution in [0.3, 0.4) is 0 Å². The van der Waals surface area contributed by atoms with Gasteiger partial charge in [0.05, 0.1) is 0 Å². The van der Waals surface area contributed by atoms with Gasteiger partial charge in [0.2, 0.25) is 0 Å². The Morgan fingerprint density at radius 2 is 2.00 bits per heavy atom. The van der Waals surface area contributed by atoms with E-state index in [1.54, 1.807) is 18.2 Å². The lowest BCUT2D eigenvalue weighted by atomic mass is 10.1. The first-order valence-corrected chi connectivity index (χ1v) is 4.31. The van der Waals surface area contributed by atoms with E-state index in [1.165, 1.54) is 0 Å². The Morgan fingerprint density at radius 1 is 1.33 bits per heavy atom. The lowest BCUT2D eigenvalue weighted by molar-refractivity contribution is 0.737. The molecule has 4 heteroatoms. The molecule has 0 spiro atoms. The molecule has 0 saturated heterocycles. The second-order valence-corrected chi connectivity index (χ2v) is 3.35. The summed E-state index contributed by atoms with van der Waals surface area (Å²) in [6.45, 7) is 0.361. The van der Waals surface area contributed by atoms with Crippen molar-refractivity contribution in [1.82, 2.24) is 0 Å². The molecule has 0 unspecified atom stereocenters. The van der Waals surface area contributed by atoms with Crippen molar-refractivity contribution in [1.29, 1.82) is 0 Å². The summed E-state index contributed by atoms with van der Waals surface area (Å²) in [7, 11) is 0. The molecule has 1 aromatic rings. The Hall–Kier alpha value is -0.280. The van der Waals surface area contributed by atoms with Gasteiger partial charge in [-0.25, -0.2) is 0 Å². The van der Waals surface area contributed by atoms with Gasteiger partial charge in [-0.2, -0.15) is 0 Å². The van der Waals surface area contributed by atoms with Gasteiger partial charge in [-0.1, -0.05) is 23.2 Å². The van der Waals surface area contributed by atoms with Crippen LogP contribution in [-0.4, -0.2) is 6.54 Å². The first-order chi connectivity index (χ1) is 5.65. The molecule has 0 saturated carbocycles. The standard InChI is InChI=1S/C8H10Cl2N2/c9-5-1-2-7(10)6(3-5)8(12)4-11/h1-3,8H,4,11-12H2/t8-/m0/s1. The minimum Gasteiger partial charge on any atom is -0.329 e. The first-order valence-electron chi connectivity index (χ1n) is 3.55. The Morgan fingerprint density at radius 3 is 2.58 bits per heavy atom. The highest BCUT2D eigenvalue weighted by atomic mass is 35.5. The zero-order chi connectivity index (χ0) is 9.14. The van der Waals surface area contributed by atoms with E-state index in [0.29, 0.717) is 16.6 Å². The largest absolute Gasteiger partial charge is 0.329 e. The molecule has 4 N–H and O–H groups in total. The third kappa shape index (κ3) is 2.11. The van der Waals surface area contributed by atoms with Gasteiger partial charge < -0.3 is 11.5 Å². The maximum absolute atomic E-state index is 5.88. The van der Waals surface area contributed by atoms with Crippen LogP contribution in [0.4, 0.5) is 0 Å². The SMILES string of the molecule is NC[C@H](N)c1cc(Cl)ccc1Cl. The molecule has 0 fully saturated rings. The molecule has 0 aliphatic rings. The number of hydrogen-bond donors (Lipinski definition) is 2. The quantitative estimate of drug-likeness (QED) is 0.775. The predicted octanol–water partition coefficient (Wildman–Crippen LogP) is 1.95. The van der Waals surface area contributed by atoms with Crippen molar-refractivity contribution in [3.63, 3.8) is 0 Å². The van der Waals surface area contributed by atoms with Crippen LogP contribution < -0.4 is 11.5 Å². The van der Waals surface area contributed by atoms with E-state index in [0.717, 1.165) is 5.56 Å². The minimum absolute atomic E-state index is 0.240. The summed E-state index contributed by atoms with van der Waals surface area (Å²) in [5.74, 6) is 0. The predicted molar refractivity (Wildman–Crippen MR) is 52.4 cm³/mol. The monoisotopic (exact) mass is 204 g/mol. The van der Waals surface area contributed by atoms with E-state index >= 15 is 0 Å². The Bertz CT molecular complexity index is 276. The number of benzene rings is 1. The average molecular weight is 205 g/mol. The lowest BCUT2D eigenvalue weighted by Gasteiger charge is -2.10. The van der Waals surface area contributed by atoms with E-state index < -0.39 is 0 Å². The maximum Gasteiger partial charge on any atom is 0.0455 e. The second kappa shape index (κ2) is 4.10. The van der Waals surface area contributed by atoms with Crippen molar-refractivity contribution >= 4 is 23.2 Å². The van der Waals surface area contributed by atoms with Gasteiger partial charge in [0.25, 0.3) is 0 Å². The van der Waals surface area contributed by atoms with Gasteiger partial charge >= 0.3 is 0 Å². The summed E-state index contributed by atoms with van der Waals surface area (Å²) >= 11 is 11.6. The highest BCUT2D eigenvalue weighted by Gasteiger charge is 2.08. The smallest absolute Gasteiger partial charge is 0.0455 e. The van der Waals surface area contributed by atoms with Gasteiger partial charge in [-0.15, -0.1) is 0 Å². The lowest BCUT2D eigenvalue weighted by Crippen LogP contribution is -2.20. The van der Waals surface area contributed by atoms with E-state index in [4.69, 9.17) is 34.7 Å². The summed E-state index contributed by atoms with van der Waals surface area (Å²) in [5.41, 5.74) is 11.9. The first kappa shape index (κ1) is 9.81. The van der Waals surface area contributed by atoms with Crippen LogP contribution in [0.15, 0.2) is 18.2 Å². The fourth-order valence-corrected chi connectivity index (χ4v) is 1.36.